The molecule has 0 bridgehead atoms. The summed E-state index contributed by atoms with van der Waals surface area (Å²) in [5.41, 5.74) is 0. The highest BCUT2D eigenvalue weighted by Gasteiger charge is 2.12. The van der Waals surface area contributed by atoms with Crippen molar-refractivity contribution in [2.75, 3.05) is 26.2 Å². The molecule has 1 heterocycles. The molecule has 5 nitrogen and oxygen atoms in total. The quantitative estimate of drug-likeness (QED) is 0.298. The minimum absolute atomic E-state index is 0.330. The third-order valence-corrected chi connectivity index (χ3v) is 2.51. The summed E-state index contributed by atoms with van der Waals surface area (Å²) in [5.74, 6) is -0.330. The van der Waals surface area contributed by atoms with Crippen LogP contribution in [0.2, 0.25) is 0 Å². The lowest BCUT2D eigenvalue weighted by Crippen LogP contribution is -3.13. The second-order valence-electron chi connectivity index (χ2n) is 3.60. The van der Waals surface area contributed by atoms with Crippen LogP contribution >= 0.6 is 0 Å². The van der Waals surface area contributed by atoms with Crippen LogP contribution in [0.1, 0.15) is 19.3 Å². The maximum Gasteiger partial charge on any atom is 0.266 e. The lowest BCUT2D eigenvalue weighted by Gasteiger charge is -2.23. The summed E-state index contributed by atoms with van der Waals surface area (Å²) in [6, 6.07) is 0. The average molecular weight is 200 g/mol. The maximum atomic E-state index is 10.9. The maximum absolute atomic E-state index is 10.9. The first kappa shape index (κ1) is 11.0. The number of amides is 1. The summed E-state index contributed by atoms with van der Waals surface area (Å²) >= 11 is 0. The molecule has 3 N–H and O–H groups in total. The fraction of sp³-hybridized carbons (Fsp3) is 0.778. The third-order valence-electron chi connectivity index (χ3n) is 2.51. The number of nitrogens with zero attached hydrogens (tertiary/aromatic N) is 1. The summed E-state index contributed by atoms with van der Waals surface area (Å²) < 4.78 is 0. The number of hydrogen-bond donors (Lipinski definition) is 3. The molecular weight excluding hydrogens is 182 g/mol. The molecule has 0 aromatic carbocycles. The molecule has 1 aliphatic heterocycles. The van der Waals surface area contributed by atoms with Crippen molar-refractivity contribution < 1.29 is 14.9 Å². The Bertz CT molecular complexity index is 200. The molecule has 5 heteroatoms. The van der Waals surface area contributed by atoms with E-state index in [9.17, 15) is 4.79 Å². The van der Waals surface area contributed by atoms with E-state index in [-0.39, 0.29) is 5.91 Å². The topological polar surface area (TPSA) is 66.1 Å². The SMILES string of the molecule is O=C(C=NO)NCC[NH+]1CCCCC1. The zero-order chi connectivity index (χ0) is 10.2. The summed E-state index contributed by atoms with van der Waals surface area (Å²) in [7, 11) is 0. The molecule has 1 amide bonds. The number of oxime groups is 1. The Hall–Kier alpha value is -1.10. The molecule has 1 saturated heterocycles. The van der Waals surface area contributed by atoms with Crippen LogP contribution < -0.4 is 10.2 Å². The van der Waals surface area contributed by atoms with Gasteiger partial charge in [-0.1, -0.05) is 5.16 Å². The number of carbonyl (C=O) groups excluding carboxylic acids is 1. The lowest BCUT2D eigenvalue weighted by atomic mass is 10.1. The number of rotatable bonds is 4. The third kappa shape index (κ3) is 4.23. The van der Waals surface area contributed by atoms with Gasteiger partial charge in [0.15, 0.2) is 0 Å². The van der Waals surface area contributed by atoms with Crippen molar-refractivity contribution in [3.8, 4) is 0 Å². The monoisotopic (exact) mass is 200 g/mol. The summed E-state index contributed by atoms with van der Waals surface area (Å²) in [4.78, 5) is 12.4. The second-order valence-corrected chi connectivity index (χ2v) is 3.60. The van der Waals surface area contributed by atoms with Gasteiger partial charge in [0.05, 0.1) is 26.2 Å². The molecule has 0 aromatic heterocycles. The van der Waals surface area contributed by atoms with Crippen LogP contribution in [0.4, 0.5) is 0 Å². The predicted molar refractivity (Wildman–Crippen MR) is 52.7 cm³/mol. The van der Waals surface area contributed by atoms with E-state index in [1.165, 1.54) is 32.4 Å². The van der Waals surface area contributed by atoms with E-state index < -0.39 is 0 Å². The zero-order valence-corrected chi connectivity index (χ0v) is 8.33. The van der Waals surface area contributed by atoms with Crippen molar-refractivity contribution in [3.63, 3.8) is 0 Å². The lowest BCUT2D eigenvalue weighted by molar-refractivity contribution is -0.903. The van der Waals surface area contributed by atoms with Crippen LogP contribution in [0.5, 0.6) is 0 Å². The normalized spacial score (nSPS) is 18.6. The van der Waals surface area contributed by atoms with Gasteiger partial charge in [0.1, 0.15) is 6.21 Å². The standard InChI is InChI=1S/C9H17N3O2/c13-9(8-11-14)10-4-7-12-5-2-1-3-6-12/h8,14H,1-7H2,(H,10,13)/p+1. The van der Waals surface area contributed by atoms with Gasteiger partial charge in [-0.15, -0.1) is 0 Å². The first-order chi connectivity index (χ1) is 6.83. The number of piperidine rings is 1. The van der Waals surface area contributed by atoms with E-state index in [1.54, 1.807) is 4.90 Å². The highest BCUT2D eigenvalue weighted by molar-refractivity contribution is 6.25. The molecule has 0 aromatic rings. The van der Waals surface area contributed by atoms with Crippen LogP contribution in [0, 0.1) is 0 Å². The number of carbonyl (C=O) groups is 1. The predicted octanol–water partition coefficient (Wildman–Crippen LogP) is -1.37. The zero-order valence-electron chi connectivity index (χ0n) is 8.33. The van der Waals surface area contributed by atoms with Gasteiger partial charge in [-0.25, -0.2) is 0 Å². The molecular formula is C9H18N3O2+. The van der Waals surface area contributed by atoms with Gasteiger partial charge in [-0.2, -0.15) is 0 Å². The van der Waals surface area contributed by atoms with Crippen molar-refractivity contribution in [2.24, 2.45) is 5.16 Å². The van der Waals surface area contributed by atoms with Gasteiger partial charge in [-0.3, -0.25) is 4.79 Å². The Labute approximate surface area is 83.8 Å². The van der Waals surface area contributed by atoms with Crippen molar-refractivity contribution >= 4 is 12.1 Å². The Morgan fingerprint density at radius 3 is 2.79 bits per heavy atom. The van der Waals surface area contributed by atoms with Gasteiger partial charge < -0.3 is 15.4 Å². The highest BCUT2D eigenvalue weighted by atomic mass is 16.4. The molecule has 0 unspecified atom stereocenters. The van der Waals surface area contributed by atoms with E-state index in [4.69, 9.17) is 5.21 Å². The highest BCUT2D eigenvalue weighted by Crippen LogP contribution is 1.93. The first-order valence-corrected chi connectivity index (χ1v) is 5.12. The Balaban J connectivity index is 2.05. The number of likely N-dealkylation sites (tertiary alicyclic amines) is 1. The van der Waals surface area contributed by atoms with Gasteiger partial charge in [0.25, 0.3) is 5.91 Å². The van der Waals surface area contributed by atoms with Gasteiger partial charge in [0.2, 0.25) is 0 Å². The summed E-state index contributed by atoms with van der Waals surface area (Å²) in [6.45, 7) is 4.04. The smallest absolute Gasteiger partial charge is 0.266 e. The van der Waals surface area contributed by atoms with E-state index in [1.807, 2.05) is 0 Å². The van der Waals surface area contributed by atoms with Crippen molar-refractivity contribution in [2.45, 2.75) is 19.3 Å². The number of quaternary nitrogens is 1. The fourth-order valence-corrected chi connectivity index (χ4v) is 1.76. The molecule has 0 radical (unpaired) electrons. The van der Waals surface area contributed by atoms with Crippen LogP contribution in [-0.2, 0) is 4.79 Å². The Morgan fingerprint density at radius 1 is 1.43 bits per heavy atom. The van der Waals surface area contributed by atoms with Crippen LogP contribution in [0.3, 0.4) is 0 Å². The van der Waals surface area contributed by atoms with E-state index in [0.717, 1.165) is 12.8 Å². The Morgan fingerprint density at radius 2 is 2.14 bits per heavy atom. The van der Waals surface area contributed by atoms with Crippen molar-refractivity contribution in [3.05, 3.63) is 0 Å². The Kier molecular flexibility index (Phi) is 4.99. The molecule has 0 saturated carbocycles. The van der Waals surface area contributed by atoms with E-state index in [0.29, 0.717) is 6.54 Å². The fourth-order valence-electron chi connectivity index (χ4n) is 1.76. The van der Waals surface area contributed by atoms with Crippen LogP contribution in [-0.4, -0.2) is 43.5 Å². The van der Waals surface area contributed by atoms with Crippen LogP contribution in [0.25, 0.3) is 0 Å². The summed E-state index contributed by atoms with van der Waals surface area (Å²) in [5, 5.41) is 13.4. The molecule has 80 valence electrons. The molecule has 0 atom stereocenters. The average Bonchev–Trinajstić information content (AvgIpc) is 2.20. The van der Waals surface area contributed by atoms with Crippen LogP contribution in [0.15, 0.2) is 5.16 Å². The van der Waals surface area contributed by atoms with Gasteiger partial charge in [0, 0.05) is 0 Å². The van der Waals surface area contributed by atoms with Crippen molar-refractivity contribution in [1.29, 1.82) is 0 Å². The number of hydrogen-bond acceptors (Lipinski definition) is 3. The molecule has 1 rings (SSSR count). The minimum Gasteiger partial charge on any atom is -0.411 e. The molecule has 1 fully saturated rings. The molecule has 0 spiro atoms. The molecule has 0 aliphatic carbocycles. The van der Waals surface area contributed by atoms with Gasteiger partial charge >= 0.3 is 0 Å². The minimum atomic E-state index is -0.330. The van der Waals surface area contributed by atoms with Crippen molar-refractivity contribution in [1.82, 2.24) is 5.32 Å². The first-order valence-electron chi connectivity index (χ1n) is 5.12. The van der Waals surface area contributed by atoms with Gasteiger partial charge in [-0.05, 0) is 19.3 Å². The van der Waals surface area contributed by atoms with E-state index >= 15 is 0 Å². The summed E-state index contributed by atoms with van der Waals surface area (Å²) in [6.07, 6.45) is 4.81. The number of nitrogens with one attached hydrogen (secondary N) is 2. The largest absolute Gasteiger partial charge is 0.411 e. The van der Waals surface area contributed by atoms with E-state index in [2.05, 4.69) is 10.5 Å². The second kappa shape index (κ2) is 6.37. The molecule has 1 aliphatic rings. The molecule has 14 heavy (non-hydrogen) atoms.